The first kappa shape index (κ1) is 15.7. The average molecular weight is 283 g/mol. The van der Waals surface area contributed by atoms with Gasteiger partial charge in [0.1, 0.15) is 0 Å². The standard InChI is InChI=1S/C18H25N3/c1-3-18(15-19,13-16-7-5-4-6-8-16)21(2)14-17-9-11-20-12-10-17/h4-12H,3,13-15,19H2,1-2H3. The molecule has 0 fully saturated rings. The van der Waals surface area contributed by atoms with Gasteiger partial charge in [-0.1, -0.05) is 37.3 Å². The van der Waals surface area contributed by atoms with Crippen LogP contribution in [0.5, 0.6) is 0 Å². The Hall–Kier alpha value is -1.71. The summed E-state index contributed by atoms with van der Waals surface area (Å²) in [7, 11) is 2.17. The molecule has 1 atom stereocenters. The summed E-state index contributed by atoms with van der Waals surface area (Å²) in [4.78, 5) is 6.46. The lowest BCUT2D eigenvalue weighted by Gasteiger charge is -2.41. The fourth-order valence-corrected chi connectivity index (χ4v) is 2.81. The van der Waals surface area contributed by atoms with Crippen LogP contribution >= 0.6 is 0 Å². The van der Waals surface area contributed by atoms with Crippen molar-refractivity contribution in [2.75, 3.05) is 13.6 Å². The van der Waals surface area contributed by atoms with Crippen LogP contribution in [0.25, 0.3) is 0 Å². The van der Waals surface area contributed by atoms with E-state index in [1.54, 1.807) is 0 Å². The zero-order valence-corrected chi connectivity index (χ0v) is 13.0. The number of pyridine rings is 1. The quantitative estimate of drug-likeness (QED) is 0.849. The van der Waals surface area contributed by atoms with Gasteiger partial charge in [-0.25, -0.2) is 0 Å². The third-order valence-corrected chi connectivity index (χ3v) is 4.39. The second-order valence-electron chi connectivity index (χ2n) is 5.66. The molecule has 1 heterocycles. The van der Waals surface area contributed by atoms with Crippen molar-refractivity contribution in [1.29, 1.82) is 0 Å². The maximum atomic E-state index is 6.17. The van der Waals surface area contributed by atoms with E-state index in [1.165, 1.54) is 11.1 Å². The predicted molar refractivity (Wildman–Crippen MR) is 87.9 cm³/mol. The van der Waals surface area contributed by atoms with Crippen LogP contribution in [0.4, 0.5) is 0 Å². The molecule has 0 aliphatic heterocycles. The van der Waals surface area contributed by atoms with Crippen LogP contribution in [0.15, 0.2) is 54.9 Å². The predicted octanol–water partition coefficient (Wildman–Crippen LogP) is 2.86. The highest BCUT2D eigenvalue weighted by atomic mass is 15.2. The van der Waals surface area contributed by atoms with E-state index in [-0.39, 0.29) is 5.54 Å². The summed E-state index contributed by atoms with van der Waals surface area (Å²) >= 11 is 0. The van der Waals surface area contributed by atoms with Crippen molar-refractivity contribution in [3.63, 3.8) is 0 Å². The minimum atomic E-state index is -0.00930. The van der Waals surface area contributed by atoms with Crippen LogP contribution in [-0.2, 0) is 13.0 Å². The Bertz CT molecular complexity index is 521. The molecule has 1 aromatic heterocycles. The van der Waals surface area contributed by atoms with E-state index < -0.39 is 0 Å². The number of nitrogens with two attached hydrogens (primary N) is 1. The molecule has 0 radical (unpaired) electrons. The van der Waals surface area contributed by atoms with Gasteiger partial charge in [0.2, 0.25) is 0 Å². The van der Waals surface area contributed by atoms with Crippen LogP contribution in [0.3, 0.4) is 0 Å². The third kappa shape index (κ3) is 3.90. The minimum Gasteiger partial charge on any atom is -0.329 e. The van der Waals surface area contributed by atoms with Gasteiger partial charge in [0.05, 0.1) is 0 Å². The maximum absolute atomic E-state index is 6.17. The highest BCUT2D eigenvalue weighted by Gasteiger charge is 2.31. The zero-order chi connectivity index (χ0) is 15.1. The van der Waals surface area contributed by atoms with Crippen molar-refractivity contribution in [2.45, 2.75) is 31.8 Å². The molecular formula is C18H25N3. The van der Waals surface area contributed by atoms with Crippen molar-refractivity contribution in [1.82, 2.24) is 9.88 Å². The lowest BCUT2D eigenvalue weighted by Crippen LogP contribution is -2.53. The van der Waals surface area contributed by atoms with E-state index in [0.717, 1.165) is 19.4 Å². The Kier molecular flexibility index (Phi) is 5.48. The summed E-state index contributed by atoms with van der Waals surface area (Å²) in [5.41, 5.74) is 8.77. The number of nitrogens with zero attached hydrogens (tertiary/aromatic N) is 2. The smallest absolute Gasteiger partial charge is 0.0369 e. The molecule has 2 rings (SSSR count). The molecule has 2 N–H and O–H groups in total. The number of rotatable bonds is 7. The number of aromatic nitrogens is 1. The van der Waals surface area contributed by atoms with Crippen molar-refractivity contribution in [3.8, 4) is 0 Å². The summed E-state index contributed by atoms with van der Waals surface area (Å²) in [6, 6.07) is 14.7. The number of benzene rings is 1. The van der Waals surface area contributed by atoms with Gasteiger partial charge in [-0.2, -0.15) is 0 Å². The van der Waals surface area contributed by atoms with Gasteiger partial charge in [0.25, 0.3) is 0 Å². The summed E-state index contributed by atoms with van der Waals surface area (Å²) in [6.07, 6.45) is 5.69. The van der Waals surface area contributed by atoms with Crippen molar-refractivity contribution in [3.05, 3.63) is 66.0 Å². The molecule has 0 bridgehead atoms. The first-order valence-corrected chi connectivity index (χ1v) is 7.54. The van der Waals surface area contributed by atoms with Gasteiger partial charge in [-0.3, -0.25) is 9.88 Å². The molecule has 3 heteroatoms. The zero-order valence-electron chi connectivity index (χ0n) is 13.0. The van der Waals surface area contributed by atoms with Crippen molar-refractivity contribution >= 4 is 0 Å². The summed E-state index contributed by atoms with van der Waals surface area (Å²) in [5, 5.41) is 0. The molecule has 21 heavy (non-hydrogen) atoms. The van der Waals surface area contributed by atoms with Crippen LogP contribution in [0.1, 0.15) is 24.5 Å². The van der Waals surface area contributed by atoms with Gasteiger partial charge in [-0.15, -0.1) is 0 Å². The van der Waals surface area contributed by atoms with Crippen molar-refractivity contribution < 1.29 is 0 Å². The van der Waals surface area contributed by atoms with E-state index in [1.807, 2.05) is 12.4 Å². The summed E-state index contributed by atoms with van der Waals surface area (Å²) in [5.74, 6) is 0. The molecule has 0 saturated heterocycles. The number of likely N-dealkylation sites (N-methyl/N-ethyl adjacent to an activating group) is 1. The highest BCUT2D eigenvalue weighted by molar-refractivity contribution is 5.19. The van der Waals surface area contributed by atoms with Gasteiger partial charge in [0.15, 0.2) is 0 Å². The molecule has 3 nitrogen and oxygen atoms in total. The summed E-state index contributed by atoms with van der Waals surface area (Å²) in [6.45, 7) is 3.76. The van der Waals surface area contributed by atoms with Gasteiger partial charge in [0, 0.05) is 31.0 Å². The van der Waals surface area contributed by atoms with E-state index in [4.69, 9.17) is 5.73 Å². The minimum absolute atomic E-state index is 0.00930. The molecule has 0 spiro atoms. The van der Waals surface area contributed by atoms with E-state index in [2.05, 4.69) is 66.3 Å². The highest BCUT2D eigenvalue weighted by Crippen LogP contribution is 2.24. The van der Waals surface area contributed by atoms with Gasteiger partial charge < -0.3 is 5.73 Å². The molecule has 0 saturated carbocycles. The molecule has 0 aliphatic carbocycles. The normalized spacial score (nSPS) is 14.1. The summed E-state index contributed by atoms with van der Waals surface area (Å²) < 4.78 is 0. The maximum Gasteiger partial charge on any atom is 0.0369 e. The molecule has 112 valence electrons. The molecule has 2 aromatic rings. The Morgan fingerprint density at radius 3 is 2.29 bits per heavy atom. The Morgan fingerprint density at radius 1 is 1.05 bits per heavy atom. The van der Waals surface area contributed by atoms with E-state index in [9.17, 15) is 0 Å². The largest absolute Gasteiger partial charge is 0.329 e. The fraction of sp³-hybridized carbons (Fsp3) is 0.389. The average Bonchev–Trinajstić information content (AvgIpc) is 2.54. The Morgan fingerprint density at radius 2 is 1.71 bits per heavy atom. The topological polar surface area (TPSA) is 42.1 Å². The Labute approximate surface area is 127 Å². The first-order chi connectivity index (χ1) is 10.2. The fourth-order valence-electron chi connectivity index (χ4n) is 2.81. The Balaban J connectivity index is 2.16. The second-order valence-corrected chi connectivity index (χ2v) is 5.66. The number of hydrogen-bond acceptors (Lipinski definition) is 3. The third-order valence-electron chi connectivity index (χ3n) is 4.39. The van der Waals surface area contributed by atoms with Crippen LogP contribution in [-0.4, -0.2) is 29.0 Å². The van der Waals surface area contributed by atoms with E-state index in [0.29, 0.717) is 6.54 Å². The second kappa shape index (κ2) is 7.34. The monoisotopic (exact) mass is 283 g/mol. The molecule has 1 aromatic carbocycles. The molecule has 0 aliphatic rings. The SMILES string of the molecule is CCC(CN)(Cc1ccccc1)N(C)Cc1ccncc1. The van der Waals surface area contributed by atoms with Gasteiger partial charge >= 0.3 is 0 Å². The molecule has 0 amide bonds. The van der Waals surface area contributed by atoms with Gasteiger partial charge in [-0.05, 0) is 43.1 Å². The van der Waals surface area contributed by atoms with E-state index >= 15 is 0 Å². The van der Waals surface area contributed by atoms with Crippen molar-refractivity contribution in [2.24, 2.45) is 5.73 Å². The lowest BCUT2D eigenvalue weighted by atomic mass is 9.86. The van der Waals surface area contributed by atoms with Crippen LogP contribution in [0, 0.1) is 0 Å². The number of hydrogen-bond donors (Lipinski definition) is 1. The molecular weight excluding hydrogens is 258 g/mol. The molecule has 1 unspecified atom stereocenters. The first-order valence-electron chi connectivity index (χ1n) is 7.54. The van der Waals surface area contributed by atoms with Crippen LogP contribution in [0.2, 0.25) is 0 Å². The van der Waals surface area contributed by atoms with Crippen LogP contribution < -0.4 is 5.73 Å². The lowest BCUT2D eigenvalue weighted by molar-refractivity contribution is 0.112.